The first-order chi connectivity index (χ1) is 8.47. The summed E-state index contributed by atoms with van der Waals surface area (Å²) in [5.41, 5.74) is 0. The van der Waals surface area contributed by atoms with Crippen molar-refractivity contribution in [1.29, 1.82) is 0 Å². The summed E-state index contributed by atoms with van der Waals surface area (Å²) in [4.78, 5) is 14.4. The largest absolute Gasteiger partial charge is 0.396 e. The van der Waals surface area contributed by atoms with Crippen molar-refractivity contribution in [2.75, 3.05) is 13.2 Å². The number of hydrogen-bond donors (Lipinski definition) is 2. The van der Waals surface area contributed by atoms with Gasteiger partial charge < -0.3 is 15.3 Å². The normalized spacial score (nSPS) is 22.9. The van der Waals surface area contributed by atoms with E-state index in [1.165, 1.54) is 0 Å². The Morgan fingerprint density at radius 3 is 2.56 bits per heavy atom. The maximum absolute atomic E-state index is 12.5. The van der Waals surface area contributed by atoms with Crippen LogP contribution in [0.1, 0.15) is 47.0 Å². The van der Waals surface area contributed by atoms with Crippen molar-refractivity contribution in [3.05, 3.63) is 0 Å². The van der Waals surface area contributed by atoms with Crippen LogP contribution >= 0.6 is 0 Å². The molecule has 0 saturated carbocycles. The van der Waals surface area contributed by atoms with Gasteiger partial charge in [-0.05, 0) is 25.2 Å². The topological polar surface area (TPSA) is 52.6 Å². The summed E-state index contributed by atoms with van der Waals surface area (Å²) in [6, 6.07) is 0.451. The third-order valence-electron chi connectivity index (χ3n) is 3.60. The van der Waals surface area contributed by atoms with Gasteiger partial charge >= 0.3 is 0 Å². The van der Waals surface area contributed by atoms with E-state index >= 15 is 0 Å². The molecule has 106 valence electrons. The van der Waals surface area contributed by atoms with Crippen LogP contribution in [0.5, 0.6) is 0 Å². The number of rotatable bonds is 6. The van der Waals surface area contributed by atoms with Crippen molar-refractivity contribution >= 4 is 5.91 Å². The van der Waals surface area contributed by atoms with Gasteiger partial charge in [0, 0.05) is 25.2 Å². The molecule has 4 nitrogen and oxygen atoms in total. The van der Waals surface area contributed by atoms with Gasteiger partial charge in [0.25, 0.3) is 0 Å². The Hall–Kier alpha value is -0.610. The minimum atomic E-state index is -0.0429. The lowest BCUT2D eigenvalue weighted by molar-refractivity contribution is -0.140. The highest BCUT2D eigenvalue weighted by atomic mass is 16.3. The van der Waals surface area contributed by atoms with Gasteiger partial charge in [0.2, 0.25) is 5.91 Å². The molecule has 4 heteroatoms. The fourth-order valence-electron chi connectivity index (χ4n) is 2.77. The van der Waals surface area contributed by atoms with Gasteiger partial charge in [-0.15, -0.1) is 0 Å². The van der Waals surface area contributed by atoms with Gasteiger partial charge in [-0.3, -0.25) is 4.79 Å². The van der Waals surface area contributed by atoms with Crippen molar-refractivity contribution < 1.29 is 9.90 Å². The van der Waals surface area contributed by atoms with E-state index in [2.05, 4.69) is 33.0 Å². The highest BCUT2D eigenvalue weighted by Gasteiger charge is 2.34. The first-order valence-corrected chi connectivity index (χ1v) is 7.14. The van der Waals surface area contributed by atoms with Crippen LogP contribution in [0.25, 0.3) is 0 Å². The molecule has 1 heterocycles. The van der Waals surface area contributed by atoms with Crippen molar-refractivity contribution in [3.8, 4) is 0 Å². The number of piperidine rings is 1. The summed E-state index contributed by atoms with van der Waals surface area (Å²) in [5.74, 6) is 0.598. The Balaban J connectivity index is 2.71. The number of nitrogens with zero attached hydrogens (tertiary/aromatic N) is 1. The fraction of sp³-hybridized carbons (Fsp3) is 0.929. The van der Waals surface area contributed by atoms with E-state index in [-0.39, 0.29) is 24.6 Å². The van der Waals surface area contributed by atoms with Crippen LogP contribution in [0.3, 0.4) is 0 Å². The highest BCUT2D eigenvalue weighted by molar-refractivity contribution is 5.83. The van der Waals surface area contributed by atoms with Gasteiger partial charge in [0.1, 0.15) is 0 Å². The minimum absolute atomic E-state index is 0.0429. The van der Waals surface area contributed by atoms with Crippen LogP contribution in [0.4, 0.5) is 0 Å². The first-order valence-electron chi connectivity index (χ1n) is 7.14. The summed E-state index contributed by atoms with van der Waals surface area (Å²) < 4.78 is 0. The molecule has 1 saturated heterocycles. The van der Waals surface area contributed by atoms with Crippen LogP contribution in [0.2, 0.25) is 0 Å². The number of likely N-dealkylation sites (tertiary alicyclic amines) is 1. The molecule has 1 fully saturated rings. The first kappa shape index (κ1) is 15.4. The summed E-state index contributed by atoms with van der Waals surface area (Å²) in [6.07, 6.45) is 2.65. The predicted octanol–water partition coefficient (Wildman–Crippen LogP) is 1.38. The lowest BCUT2D eigenvalue weighted by Gasteiger charge is -2.40. The van der Waals surface area contributed by atoms with E-state index in [4.69, 9.17) is 5.11 Å². The Bertz CT molecular complexity index is 267. The number of hydrogen-bond acceptors (Lipinski definition) is 3. The zero-order valence-corrected chi connectivity index (χ0v) is 12.1. The molecule has 0 spiro atoms. The number of aliphatic hydroxyl groups is 1. The Kier molecular flexibility index (Phi) is 6.09. The molecule has 1 aliphatic heterocycles. The standard InChI is InChI=1S/C14H28N2O2/c1-10(2)13(7-9-17)16-8-5-6-12(14(16)18)15-11(3)4/h10-13,15,17H,5-9H2,1-4H3. The highest BCUT2D eigenvalue weighted by Crippen LogP contribution is 2.21. The van der Waals surface area contributed by atoms with Gasteiger partial charge in [-0.2, -0.15) is 0 Å². The lowest BCUT2D eigenvalue weighted by Crippen LogP contribution is -2.56. The SMILES string of the molecule is CC(C)NC1CCCN(C(CCO)C(C)C)C1=O. The maximum Gasteiger partial charge on any atom is 0.239 e. The lowest BCUT2D eigenvalue weighted by atomic mass is 9.94. The molecule has 18 heavy (non-hydrogen) atoms. The molecule has 2 N–H and O–H groups in total. The number of carbonyl (C=O) groups excluding carboxylic acids is 1. The van der Waals surface area contributed by atoms with Crippen LogP contribution in [0, 0.1) is 5.92 Å². The second kappa shape index (κ2) is 7.10. The second-order valence-electron chi connectivity index (χ2n) is 5.87. The van der Waals surface area contributed by atoms with E-state index in [0.29, 0.717) is 18.4 Å². The van der Waals surface area contributed by atoms with E-state index in [1.54, 1.807) is 0 Å². The summed E-state index contributed by atoms with van der Waals surface area (Å²) in [5, 5.41) is 12.5. The fourth-order valence-corrected chi connectivity index (χ4v) is 2.77. The molecule has 1 amide bonds. The number of carbonyl (C=O) groups is 1. The number of nitrogens with one attached hydrogen (secondary N) is 1. The van der Waals surface area contributed by atoms with Crippen molar-refractivity contribution in [2.24, 2.45) is 5.92 Å². The van der Waals surface area contributed by atoms with Crippen molar-refractivity contribution in [1.82, 2.24) is 10.2 Å². The number of amides is 1. The Morgan fingerprint density at radius 1 is 1.39 bits per heavy atom. The zero-order chi connectivity index (χ0) is 13.7. The molecule has 1 aliphatic rings. The molecule has 0 aliphatic carbocycles. The van der Waals surface area contributed by atoms with E-state index in [9.17, 15) is 4.79 Å². The number of aliphatic hydroxyl groups excluding tert-OH is 1. The smallest absolute Gasteiger partial charge is 0.239 e. The monoisotopic (exact) mass is 256 g/mol. The molecule has 1 rings (SSSR count). The molecule has 0 radical (unpaired) electrons. The average molecular weight is 256 g/mol. The van der Waals surface area contributed by atoms with Crippen LogP contribution in [0.15, 0.2) is 0 Å². The summed E-state index contributed by atoms with van der Waals surface area (Å²) in [7, 11) is 0. The van der Waals surface area contributed by atoms with Gasteiger partial charge in [-0.25, -0.2) is 0 Å². The van der Waals surface area contributed by atoms with Gasteiger partial charge in [-0.1, -0.05) is 27.7 Å². The third kappa shape index (κ3) is 3.95. The summed E-state index contributed by atoms with van der Waals surface area (Å²) >= 11 is 0. The van der Waals surface area contributed by atoms with Crippen molar-refractivity contribution in [3.63, 3.8) is 0 Å². The van der Waals surface area contributed by atoms with Crippen LogP contribution in [-0.2, 0) is 4.79 Å². The van der Waals surface area contributed by atoms with E-state index in [1.807, 2.05) is 4.90 Å². The van der Waals surface area contributed by atoms with Crippen LogP contribution in [-0.4, -0.2) is 47.2 Å². The molecule has 0 aromatic heterocycles. The Morgan fingerprint density at radius 2 is 2.06 bits per heavy atom. The second-order valence-corrected chi connectivity index (χ2v) is 5.87. The Labute approximate surface area is 111 Å². The summed E-state index contributed by atoms with van der Waals surface area (Å²) in [6.45, 7) is 9.35. The third-order valence-corrected chi connectivity index (χ3v) is 3.60. The molecular weight excluding hydrogens is 228 g/mol. The molecule has 0 aromatic carbocycles. The zero-order valence-electron chi connectivity index (χ0n) is 12.1. The average Bonchev–Trinajstić information content (AvgIpc) is 2.28. The van der Waals surface area contributed by atoms with Gasteiger partial charge in [0.05, 0.1) is 6.04 Å². The van der Waals surface area contributed by atoms with Crippen LogP contribution < -0.4 is 5.32 Å². The molecule has 2 atom stereocenters. The van der Waals surface area contributed by atoms with Gasteiger partial charge in [0.15, 0.2) is 0 Å². The molecule has 0 bridgehead atoms. The van der Waals surface area contributed by atoms with E-state index in [0.717, 1.165) is 19.4 Å². The van der Waals surface area contributed by atoms with Crippen molar-refractivity contribution in [2.45, 2.75) is 65.1 Å². The maximum atomic E-state index is 12.5. The minimum Gasteiger partial charge on any atom is -0.396 e. The quantitative estimate of drug-likeness (QED) is 0.755. The molecular formula is C14H28N2O2. The molecule has 0 aromatic rings. The predicted molar refractivity (Wildman–Crippen MR) is 73.3 cm³/mol. The molecule has 2 unspecified atom stereocenters. The van der Waals surface area contributed by atoms with E-state index < -0.39 is 0 Å².